The Labute approximate surface area is 242 Å². The molecule has 2 aromatic carbocycles. The van der Waals surface area contributed by atoms with Crippen LogP contribution >= 0.6 is 0 Å². The van der Waals surface area contributed by atoms with Gasteiger partial charge in [-0.15, -0.1) is 0 Å². The van der Waals surface area contributed by atoms with E-state index in [-0.39, 0.29) is 11.5 Å². The van der Waals surface area contributed by atoms with Crippen molar-refractivity contribution in [2.45, 2.75) is 95.9 Å². The van der Waals surface area contributed by atoms with E-state index >= 15 is 4.39 Å². The van der Waals surface area contributed by atoms with E-state index in [0.29, 0.717) is 24.5 Å². The zero-order chi connectivity index (χ0) is 29.0. The number of allylic oxidation sites excluding steroid dienone is 1. The van der Waals surface area contributed by atoms with Crippen molar-refractivity contribution in [1.82, 2.24) is 9.97 Å². The van der Waals surface area contributed by atoms with E-state index in [1.807, 2.05) is 31.2 Å². The van der Waals surface area contributed by atoms with Gasteiger partial charge in [0.05, 0.1) is 11.4 Å². The lowest BCUT2D eigenvalue weighted by Crippen LogP contribution is -2.37. The van der Waals surface area contributed by atoms with Crippen molar-refractivity contribution >= 4 is 5.69 Å². The summed E-state index contributed by atoms with van der Waals surface area (Å²) < 4.78 is 22.0. The number of rotatable bonds is 9. The Morgan fingerprint density at radius 2 is 2.00 bits per heavy atom. The van der Waals surface area contributed by atoms with Crippen molar-refractivity contribution in [2.75, 3.05) is 11.4 Å². The number of hydrogen-bond donors (Lipinski definition) is 3. The van der Waals surface area contributed by atoms with Crippen molar-refractivity contribution < 1.29 is 14.2 Å². The number of ether oxygens (including phenoxy) is 1. The molecule has 1 spiro atoms. The van der Waals surface area contributed by atoms with Gasteiger partial charge >= 0.3 is 5.69 Å². The van der Waals surface area contributed by atoms with Crippen LogP contribution < -0.4 is 15.3 Å². The van der Waals surface area contributed by atoms with Gasteiger partial charge in [-0.25, -0.2) is 9.18 Å². The molecule has 5 rings (SSSR count). The number of halogens is 1. The van der Waals surface area contributed by atoms with Crippen LogP contribution in [0.15, 0.2) is 65.5 Å². The van der Waals surface area contributed by atoms with Crippen LogP contribution in [-0.4, -0.2) is 27.2 Å². The number of aromatic nitrogens is 2. The number of nitrogens with one attached hydrogen (secondary N) is 2. The molecule has 6 nitrogen and oxygen atoms in total. The van der Waals surface area contributed by atoms with Crippen LogP contribution in [0.5, 0.6) is 11.6 Å². The summed E-state index contributed by atoms with van der Waals surface area (Å²) in [6, 6.07) is 16.3. The number of nitrogens with zero attached hydrogens (tertiary/aromatic N) is 1. The van der Waals surface area contributed by atoms with Gasteiger partial charge in [-0.3, -0.25) is 4.98 Å². The third kappa shape index (κ3) is 6.88. The highest BCUT2D eigenvalue weighted by molar-refractivity contribution is 5.59. The van der Waals surface area contributed by atoms with Gasteiger partial charge in [0.2, 0.25) is 5.88 Å². The van der Waals surface area contributed by atoms with Crippen LogP contribution in [0.2, 0.25) is 0 Å². The summed E-state index contributed by atoms with van der Waals surface area (Å²) >= 11 is 0. The Hall–Kier alpha value is -3.48. The normalized spacial score (nSPS) is 22.3. The number of aromatic hydroxyl groups is 1. The van der Waals surface area contributed by atoms with Crippen LogP contribution in [0, 0.1) is 5.92 Å². The molecule has 1 fully saturated rings. The first-order chi connectivity index (χ1) is 19.7. The number of H-pyrrole nitrogens is 2. The number of alkyl halides is 1. The first-order valence-corrected chi connectivity index (χ1v) is 15.1. The number of anilines is 1. The average molecular weight is 562 g/mol. The van der Waals surface area contributed by atoms with Crippen molar-refractivity contribution in [2.24, 2.45) is 5.92 Å². The molecule has 0 radical (unpaired) electrons. The van der Waals surface area contributed by atoms with E-state index in [0.717, 1.165) is 86.2 Å². The third-order valence-corrected chi connectivity index (χ3v) is 9.30. The van der Waals surface area contributed by atoms with Gasteiger partial charge in [-0.1, -0.05) is 61.9 Å². The summed E-state index contributed by atoms with van der Waals surface area (Å²) in [4.78, 5) is 18.8. The molecular weight excluding hydrogens is 517 g/mol. The van der Waals surface area contributed by atoms with Crippen molar-refractivity contribution in [1.29, 1.82) is 0 Å². The van der Waals surface area contributed by atoms with Gasteiger partial charge in [-0.05, 0) is 81.0 Å². The summed E-state index contributed by atoms with van der Waals surface area (Å²) in [6.45, 7) is 9.36. The largest absolute Gasteiger partial charge is 0.493 e. The second-order valence-corrected chi connectivity index (χ2v) is 12.3. The highest BCUT2D eigenvalue weighted by Crippen LogP contribution is 2.44. The van der Waals surface area contributed by atoms with E-state index in [1.54, 1.807) is 6.92 Å². The predicted octanol–water partition coefficient (Wildman–Crippen LogP) is 7.69. The highest BCUT2D eigenvalue weighted by Gasteiger charge is 2.38. The van der Waals surface area contributed by atoms with Crippen molar-refractivity contribution in [3.8, 4) is 11.6 Å². The van der Waals surface area contributed by atoms with Gasteiger partial charge in [0, 0.05) is 25.9 Å². The Morgan fingerprint density at radius 3 is 2.78 bits per heavy atom. The Morgan fingerprint density at radius 1 is 1.17 bits per heavy atom. The molecule has 0 bridgehead atoms. The molecule has 3 aromatic rings. The molecule has 1 aliphatic carbocycles. The molecular formula is C34H44FN3O3. The van der Waals surface area contributed by atoms with Crippen LogP contribution in [0.1, 0.15) is 88.5 Å². The number of imidazole rings is 1. The molecule has 41 heavy (non-hydrogen) atoms. The molecule has 2 aliphatic rings. The molecule has 1 aliphatic heterocycles. The lowest BCUT2D eigenvalue weighted by atomic mass is 9.88. The minimum absolute atomic E-state index is 0.0954. The summed E-state index contributed by atoms with van der Waals surface area (Å²) in [5.74, 6) is 1.44. The summed E-state index contributed by atoms with van der Waals surface area (Å²) in [7, 11) is 0. The molecule has 3 N–H and O–H groups in total. The van der Waals surface area contributed by atoms with E-state index in [2.05, 4.69) is 45.7 Å². The molecule has 0 saturated heterocycles. The first-order valence-electron chi connectivity index (χ1n) is 15.1. The summed E-state index contributed by atoms with van der Waals surface area (Å²) in [5, 5.41) is 9.86. The van der Waals surface area contributed by atoms with Crippen LogP contribution in [0.3, 0.4) is 0 Å². The predicted molar refractivity (Wildman–Crippen MR) is 162 cm³/mol. The molecule has 220 valence electrons. The van der Waals surface area contributed by atoms with E-state index < -0.39 is 11.4 Å². The Balaban J connectivity index is 1.23. The molecule has 0 amide bonds. The van der Waals surface area contributed by atoms with Gasteiger partial charge in [0.25, 0.3) is 0 Å². The van der Waals surface area contributed by atoms with Crippen molar-refractivity contribution in [3.63, 3.8) is 0 Å². The standard InChI is InChI=1S/C34H44FN3O3/c1-4-33(3,35)27-11-7-9-26(22-27)23-38-20-19-34(41-30-13-6-5-12-29(30)38)17-8-10-25(16-18-34)15-14-24(2)21-28-31(39)37-32(40)36-28/h5-7,9,11-13,22,25,39H,2,4,8,10,14-21,23H2,1,3H3,(H2,36,37,40). The van der Waals surface area contributed by atoms with Gasteiger partial charge in [-0.2, -0.15) is 0 Å². The molecule has 3 atom stereocenters. The van der Waals surface area contributed by atoms with Crippen LogP contribution in [-0.2, 0) is 18.6 Å². The Kier molecular flexibility index (Phi) is 8.62. The van der Waals surface area contributed by atoms with Gasteiger partial charge < -0.3 is 19.7 Å². The summed E-state index contributed by atoms with van der Waals surface area (Å²) in [6.07, 6.45) is 9.26. The fourth-order valence-electron chi connectivity index (χ4n) is 6.51. The molecule has 7 heteroatoms. The maximum atomic E-state index is 15.1. The first kappa shape index (κ1) is 29.0. The fraction of sp³-hybridized carbons (Fsp3) is 0.500. The number of hydrogen-bond acceptors (Lipinski definition) is 4. The van der Waals surface area contributed by atoms with E-state index in [9.17, 15) is 9.90 Å². The quantitative estimate of drug-likeness (QED) is 0.234. The van der Waals surface area contributed by atoms with Crippen molar-refractivity contribution in [3.05, 3.63) is 88.0 Å². The minimum atomic E-state index is -1.33. The van der Waals surface area contributed by atoms with Gasteiger partial charge in [0.15, 0.2) is 0 Å². The molecule has 2 heterocycles. The molecule has 1 saturated carbocycles. The molecule has 3 unspecified atom stereocenters. The monoisotopic (exact) mass is 561 g/mol. The maximum absolute atomic E-state index is 15.1. The SMILES string of the molecule is C=C(CCC1CCCC2(CC1)CCN(Cc1cccc(C(C)(F)CC)c1)c1ccccc1O2)Cc1[nH]c(=O)[nH]c1O. The fourth-order valence-corrected chi connectivity index (χ4v) is 6.51. The average Bonchev–Trinajstić information content (AvgIpc) is 3.09. The third-order valence-electron chi connectivity index (χ3n) is 9.30. The topological polar surface area (TPSA) is 81.3 Å². The van der Waals surface area contributed by atoms with E-state index in [1.165, 1.54) is 6.42 Å². The lowest BCUT2D eigenvalue weighted by molar-refractivity contribution is 0.0493. The number of benzene rings is 2. The second-order valence-electron chi connectivity index (χ2n) is 12.3. The number of aromatic amines is 2. The van der Waals surface area contributed by atoms with Crippen LogP contribution in [0.4, 0.5) is 10.1 Å². The minimum Gasteiger partial charge on any atom is -0.493 e. The maximum Gasteiger partial charge on any atom is 0.325 e. The zero-order valence-corrected chi connectivity index (χ0v) is 24.5. The second kappa shape index (κ2) is 12.2. The van der Waals surface area contributed by atoms with E-state index in [4.69, 9.17) is 4.74 Å². The number of para-hydroxylation sites is 2. The Bertz CT molecular complexity index is 1410. The highest BCUT2D eigenvalue weighted by atomic mass is 19.1. The smallest absolute Gasteiger partial charge is 0.325 e. The van der Waals surface area contributed by atoms with Crippen LogP contribution in [0.25, 0.3) is 0 Å². The molecule has 1 aromatic heterocycles. The number of fused-ring (bicyclic) bond motifs is 1. The lowest BCUT2D eigenvalue weighted by Gasteiger charge is -2.32. The van der Waals surface area contributed by atoms with Gasteiger partial charge in [0.1, 0.15) is 17.0 Å². The summed E-state index contributed by atoms with van der Waals surface area (Å²) in [5.41, 5.74) is 2.58. The zero-order valence-electron chi connectivity index (χ0n) is 24.5.